The molecule has 0 N–H and O–H groups in total. The van der Waals surface area contributed by atoms with Crippen molar-refractivity contribution in [1.29, 1.82) is 0 Å². The molecule has 1 heterocycles. The molecule has 1 aromatic heterocycles. The lowest BCUT2D eigenvalue weighted by molar-refractivity contribution is 0.277. The number of halogens is 1. The molecule has 1 aliphatic carbocycles. The molecule has 100 valence electrons. The molecule has 3 rings (SSSR count). The van der Waals surface area contributed by atoms with Gasteiger partial charge < -0.3 is 4.42 Å². The smallest absolute Gasteiger partial charge is 0.230 e. The second-order valence-corrected chi connectivity index (χ2v) is 5.55. The first-order valence-corrected chi connectivity index (χ1v) is 6.84. The molecule has 5 heteroatoms. The number of rotatable bonds is 5. The van der Waals surface area contributed by atoms with Gasteiger partial charge in [0.05, 0.1) is 6.54 Å². The van der Waals surface area contributed by atoms with Gasteiger partial charge in [-0.2, -0.15) is 0 Å². The predicted molar refractivity (Wildman–Crippen MR) is 72.9 cm³/mol. The van der Waals surface area contributed by atoms with Crippen LogP contribution in [0.15, 0.2) is 28.7 Å². The molecule has 4 nitrogen and oxygen atoms in total. The van der Waals surface area contributed by atoms with E-state index in [1.807, 2.05) is 25.2 Å². The van der Waals surface area contributed by atoms with Gasteiger partial charge in [0.15, 0.2) is 0 Å². The van der Waals surface area contributed by atoms with E-state index >= 15 is 0 Å². The average molecular weight is 278 g/mol. The van der Waals surface area contributed by atoms with Gasteiger partial charge in [-0.1, -0.05) is 23.7 Å². The van der Waals surface area contributed by atoms with E-state index in [0.29, 0.717) is 18.4 Å². The molecule has 0 bridgehead atoms. The molecule has 0 aliphatic heterocycles. The normalized spacial score (nSPS) is 15.1. The van der Waals surface area contributed by atoms with Gasteiger partial charge in [-0.3, -0.25) is 4.90 Å². The van der Waals surface area contributed by atoms with E-state index in [-0.39, 0.29) is 0 Å². The van der Waals surface area contributed by atoms with E-state index in [4.69, 9.17) is 16.0 Å². The van der Waals surface area contributed by atoms with Gasteiger partial charge in [-0.25, -0.2) is 0 Å². The van der Waals surface area contributed by atoms with Crippen LogP contribution >= 0.6 is 11.6 Å². The minimum atomic E-state index is 0.513. The number of benzene rings is 1. The number of nitrogens with zero attached hydrogens (tertiary/aromatic N) is 3. The van der Waals surface area contributed by atoms with Crippen LogP contribution in [-0.4, -0.2) is 22.1 Å². The molecule has 1 saturated carbocycles. The molecule has 19 heavy (non-hydrogen) atoms. The van der Waals surface area contributed by atoms with Crippen molar-refractivity contribution in [1.82, 2.24) is 15.1 Å². The monoisotopic (exact) mass is 277 g/mol. The first-order chi connectivity index (χ1) is 9.20. The molecule has 1 fully saturated rings. The summed E-state index contributed by atoms with van der Waals surface area (Å²) in [5.41, 5.74) is 1.18. The van der Waals surface area contributed by atoms with Crippen LogP contribution in [0.4, 0.5) is 0 Å². The van der Waals surface area contributed by atoms with E-state index in [1.54, 1.807) is 0 Å². The second-order valence-electron chi connectivity index (χ2n) is 5.11. The van der Waals surface area contributed by atoms with Crippen molar-refractivity contribution in [2.24, 2.45) is 0 Å². The van der Waals surface area contributed by atoms with E-state index in [2.05, 4.69) is 21.2 Å². The summed E-state index contributed by atoms with van der Waals surface area (Å²) < 4.78 is 5.65. The minimum Gasteiger partial charge on any atom is -0.424 e. The molecule has 2 aromatic rings. The van der Waals surface area contributed by atoms with Crippen LogP contribution in [0.25, 0.3) is 0 Å². The summed E-state index contributed by atoms with van der Waals surface area (Å²) in [5, 5.41) is 8.94. The average Bonchev–Trinajstić information content (AvgIpc) is 3.11. The molecule has 0 unspecified atom stereocenters. The van der Waals surface area contributed by atoms with Gasteiger partial charge in [0.1, 0.15) is 0 Å². The number of hydrogen-bond acceptors (Lipinski definition) is 4. The summed E-state index contributed by atoms with van der Waals surface area (Å²) in [5.74, 6) is 2.00. The Hall–Kier alpha value is -1.39. The highest BCUT2D eigenvalue weighted by Crippen LogP contribution is 2.39. The molecule has 0 radical (unpaired) electrons. The van der Waals surface area contributed by atoms with Crippen molar-refractivity contribution < 1.29 is 4.42 Å². The second kappa shape index (κ2) is 5.31. The molecule has 0 atom stereocenters. The largest absolute Gasteiger partial charge is 0.424 e. The van der Waals surface area contributed by atoms with Gasteiger partial charge in [0.2, 0.25) is 11.8 Å². The lowest BCUT2D eigenvalue weighted by Crippen LogP contribution is -2.17. The summed E-state index contributed by atoms with van der Waals surface area (Å²) in [4.78, 5) is 2.13. The van der Waals surface area contributed by atoms with Crippen LogP contribution in [0.2, 0.25) is 5.02 Å². The van der Waals surface area contributed by atoms with Crippen molar-refractivity contribution in [3.8, 4) is 0 Å². The maximum absolute atomic E-state index is 5.97. The maximum atomic E-state index is 5.97. The summed E-state index contributed by atoms with van der Waals surface area (Å²) in [6.45, 7) is 1.47. The van der Waals surface area contributed by atoms with Crippen LogP contribution < -0.4 is 0 Å². The van der Waals surface area contributed by atoms with Crippen molar-refractivity contribution in [3.05, 3.63) is 46.6 Å². The summed E-state index contributed by atoms with van der Waals surface area (Å²) in [6, 6.07) is 7.88. The number of hydrogen-bond donors (Lipinski definition) is 0. The third-order valence-electron chi connectivity index (χ3n) is 3.16. The minimum absolute atomic E-state index is 0.513. The quantitative estimate of drug-likeness (QED) is 0.841. The third-order valence-corrected chi connectivity index (χ3v) is 3.39. The molecule has 0 spiro atoms. The molecule has 1 aliphatic rings. The van der Waals surface area contributed by atoms with Crippen LogP contribution in [-0.2, 0) is 13.1 Å². The van der Waals surface area contributed by atoms with Crippen molar-refractivity contribution in [2.75, 3.05) is 7.05 Å². The predicted octanol–water partition coefficient (Wildman–Crippen LogP) is 3.23. The third kappa shape index (κ3) is 3.33. The van der Waals surface area contributed by atoms with Crippen molar-refractivity contribution in [3.63, 3.8) is 0 Å². The summed E-state index contributed by atoms with van der Waals surface area (Å²) in [7, 11) is 2.03. The Kier molecular flexibility index (Phi) is 3.53. The Bertz CT molecular complexity index is 565. The lowest BCUT2D eigenvalue weighted by Gasteiger charge is -2.14. The van der Waals surface area contributed by atoms with Crippen LogP contribution in [0.3, 0.4) is 0 Å². The SMILES string of the molecule is CN(Cc1cccc(Cl)c1)Cc1nnc(C2CC2)o1. The fourth-order valence-corrected chi connectivity index (χ4v) is 2.27. The van der Waals surface area contributed by atoms with Gasteiger partial charge >= 0.3 is 0 Å². The fourth-order valence-electron chi connectivity index (χ4n) is 2.06. The highest BCUT2D eigenvalue weighted by molar-refractivity contribution is 6.30. The van der Waals surface area contributed by atoms with Crippen LogP contribution in [0, 0.1) is 0 Å². The molecule has 1 aromatic carbocycles. The van der Waals surface area contributed by atoms with Crippen molar-refractivity contribution >= 4 is 11.6 Å². The highest BCUT2D eigenvalue weighted by atomic mass is 35.5. The van der Waals surface area contributed by atoms with Crippen LogP contribution in [0.1, 0.15) is 36.1 Å². The van der Waals surface area contributed by atoms with Gasteiger partial charge in [0.25, 0.3) is 0 Å². The summed E-state index contributed by atoms with van der Waals surface area (Å²) in [6.07, 6.45) is 2.36. The van der Waals surface area contributed by atoms with E-state index in [0.717, 1.165) is 17.5 Å². The van der Waals surface area contributed by atoms with Crippen molar-refractivity contribution in [2.45, 2.75) is 31.8 Å². The zero-order chi connectivity index (χ0) is 13.2. The van der Waals surface area contributed by atoms with E-state index in [1.165, 1.54) is 18.4 Å². The molecular formula is C14H16ClN3O. The Balaban J connectivity index is 1.59. The maximum Gasteiger partial charge on any atom is 0.230 e. The Labute approximate surface area is 117 Å². The molecule has 0 saturated heterocycles. The fraction of sp³-hybridized carbons (Fsp3) is 0.429. The zero-order valence-electron chi connectivity index (χ0n) is 10.8. The first-order valence-electron chi connectivity index (χ1n) is 6.46. The summed E-state index contributed by atoms with van der Waals surface area (Å²) >= 11 is 5.97. The number of aromatic nitrogens is 2. The Morgan fingerprint density at radius 3 is 2.89 bits per heavy atom. The van der Waals surface area contributed by atoms with Gasteiger partial charge in [-0.15, -0.1) is 10.2 Å². The lowest BCUT2D eigenvalue weighted by atomic mass is 10.2. The van der Waals surface area contributed by atoms with Gasteiger partial charge in [-0.05, 0) is 37.6 Å². The molecule has 0 amide bonds. The first kappa shape index (κ1) is 12.6. The van der Waals surface area contributed by atoms with Crippen LogP contribution in [0.5, 0.6) is 0 Å². The zero-order valence-corrected chi connectivity index (χ0v) is 11.6. The van der Waals surface area contributed by atoms with E-state index < -0.39 is 0 Å². The van der Waals surface area contributed by atoms with Gasteiger partial charge in [0, 0.05) is 17.5 Å². The Morgan fingerprint density at radius 1 is 1.32 bits per heavy atom. The van der Waals surface area contributed by atoms with E-state index in [9.17, 15) is 0 Å². The Morgan fingerprint density at radius 2 is 2.16 bits per heavy atom. The standard InChI is InChI=1S/C14H16ClN3O/c1-18(8-10-3-2-4-12(15)7-10)9-13-16-17-14(19-13)11-5-6-11/h2-4,7,11H,5-6,8-9H2,1H3. The molecular weight excluding hydrogens is 262 g/mol. The topological polar surface area (TPSA) is 42.2 Å². The highest BCUT2D eigenvalue weighted by Gasteiger charge is 2.29.